The Morgan fingerprint density at radius 3 is 2.74 bits per heavy atom. The third-order valence-corrected chi connectivity index (χ3v) is 4.33. The number of carbonyl (C=O) groups excluding carboxylic acids is 1. The van der Waals surface area contributed by atoms with Crippen molar-refractivity contribution < 1.29 is 14.3 Å². The third kappa shape index (κ3) is 6.22. The van der Waals surface area contributed by atoms with Gasteiger partial charge in [-0.1, -0.05) is 12.1 Å². The smallest absolute Gasteiger partial charge is 0.309 e. The van der Waals surface area contributed by atoms with E-state index in [-0.39, 0.29) is 11.9 Å². The van der Waals surface area contributed by atoms with Crippen LogP contribution >= 0.6 is 0 Å². The molecule has 0 N–H and O–H groups in total. The van der Waals surface area contributed by atoms with Crippen LogP contribution in [0, 0.1) is 12.8 Å². The average molecular weight is 319 g/mol. The largest absolute Gasteiger partial charge is 0.494 e. The predicted octanol–water partition coefficient (Wildman–Crippen LogP) is 3.43. The van der Waals surface area contributed by atoms with Crippen LogP contribution in [0.1, 0.15) is 38.2 Å². The van der Waals surface area contributed by atoms with Crippen LogP contribution in [0.4, 0.5) is 0 Å². The van der Waals surface area contributed by atoms with Crippen LogP contribution in [0.5, 0.6) is 5.75 Å². The van der Waals surface area contributed by atoms with Gasteiger partial charge in [-0.3, -0.25) is 4.79 Å². The number of carbonyl (C=O) groups is 1. The van der Waals surface area contributed by atoms with Crippen molar-refractivity contribution in [3.05, 3.63) is 29.8 Å². The topological polar surface area (TPSA) is 38.8 Å². The van der Waals surface area contributed by atoms with Crippen LogP contribution in [0.25, 0.3) is 0 Å². The first-order valence-corrected chi connectivity index (χ1v) is 8.77. The molecule has 0 amide bonds. The number of hydrogen-bond acceptors (Lipinski definition) is 4. The summed E-state index contributed by atoms with van der Waals surface area (Å²) in [6.07, 6.45) is 4.05. The lowest BCUT2D eigenvalue weighted by atomic mass is 9.97. The van der Waals surface area contributed by atoms with Gasteiger partial charge in [-0.15, -0.1) is 0 Å². The Kier molecular flexibility index (Phi) is 7.40. The standard InChI is InChI=1S/C19H29NO3/c1-3-22-19(21)17-9-12-20(13-10-17)11-4-5-14-23-18-8-6-7-16(2)15-18/h6-8,15,17H,3-5,9-14H2,1-2H3. The van der Waals surface area contributed by atoms with Gasteiger partial charge in [0.05, 0.1) is 19.1 Å². The van der Waals surface area contributed by atoms with E-state index in [2.05, 4.69) is 24.0 Å². The number of esters is 1. The van der Waals surface area contributed by atoms with Crippen molar-refractivity contribution in [2.45, 2.75) is 39.5 Å². The van der Waals surface area contributed by atoms with Gasteiger partial charge in [-0.25, -0.2) is 0 Å². The quantitative estimate of drug-likeness (QED) is 0.543. The Bertz CT molecular complexity index is 481. The Morgan fingerprint density at radius 1 is 1.26 bits per heavy atom. The van der Waals surface area contributed by atoms with Gasteiger partial charge in [-0.05, 0) is 76.9 Å². The highest BCUT2D eigenvalue weighted by Gasteiger charge is 2.25. The number of benzene rings is 1. The second kappa shape index (κ2) is 9.56. The van der Waals surface area contributed by atoms with Gasteiger partial charge in [-0.2, -0.15) is 0 Å². The van der Waals surface area contributed by atoms with Crippen molar-refractivity contribution in [3.8, 4) is 5.75 Å². The van der Waals surface area contributed by atoms with E-state index in [4.69, 9.17) is 9.47 Å². The van der Waals surface area contributed by atoms with Gasteiger partial charge in [0.2, 0.25) is 0 Å². The minimum absolute atomic E-state index is 0.0151. The van der Waals surface area contributed by atoms with Crippen LogP contribution in [0.2, 0.25) is 0 Å². The molecule has 0 aromatic heterocycles. The summed E-state index contributed by atoms with van der Waals surface area (Å²) in [6, 6.07) is 8.18. The normalized spacial score (nSPS) is 16.3. The van der Waals surface area contributed by atoms with Crippen molar-refractivity contribution in [1.82, 2.24) is 4.90 Å². The second-order valence-corrected chi connectivity index (χ2v) is 6.24. The minimum Gasteiger partial charge on any atom is -0.494 e. The van der Waals surface area contributed by atoms with Crippen molar-refractivity contribution in [3.63, 3.8) is 0 Å². The molecule has 2 rings (SSSR count). The monoisotopic (exact) mass is 319 g/mol. The van der Waals surface area contributed by atoms with E-state index in [9.17, 15) is 4.79 Å². The van der Waals surface area contributed by atoms with E-state index in [0.717, 1.165) is 57.7 Å². The zero-order valence-corrected chi connectivity index (χ0v) is 14.4. The molecule has 0 bridgehead atoms. The molecule has 1 heterocycles. The summed E-state index contributed by atoms with van der Waals surface area (Å²) in [5.41, 5.74) is 1.23. The fourth-order valence-electron chi connectivity index (χ4n) is 2.99. The molecule has 0 radical (unpaired) electrons. The fourth-order valence-corrected chi connectivity index (χ4v) is 2.99. The molecule has 0 saturated carbocycles. The molecule has 1 aromatic rings. The lowest BCUT2D eigenvalue weighted by Gasteiger charge is -2.30. The number of unbranched alkanes of at least 4 members (excludes halogenated alkanes) is 1. The number of piperidine rings is 1. The lowest BCUT2D eigenvalue weighted by molar-refractivity contribution is -0.149. The maximum absolute atomic E-state index is 11.7. The Labute approximate surface area is 139 Å². The molecular weight excluding hydrogens is 290 g/mol. The van der Waals surface area contributed by atoms with Crippen molar-refractivity contribution >= 4 is 5.97 Å². The average Bonchev–Trinajstić information content (AvgIpc) is 2.55. The van der Waals surface area contributed by atoms with Crippen LogP contribution < -0.4 is 4.74 Å². The van der Waals surface area contributed by atoms with E-state index in [1.807, 2.05) is 19.1 Å². The number of ether oxygens (including phenoxy) is 2. The molecule has 1 fully saturated rings. The SMILES string of the molecule is CCOC(=O)C1CCN(CCCCOc2cccc(C)c2)CC1. The van der Waals surface area contributed by atoms with Gasteiger partial charge in [0.25, 0.3) is 0 Å². The van der Waals surface area contributed by atoms with Crippen LogP contribution in [-0.2, 0) is 9.53 Å². The van der Waals surface area contributed by atoms with E-state index in [1.165, 1.54) is 5.56 Å². The van der Waals surface area contributed by atoms with Crippen molar-refractivity contribution in [2.75, 3.05) is 32.8 Å². The van der Waals surface area contributed by atoms with Crippen molar-refractivity contribution in [1.29, 1.82) is 0 Å². The lowest BCUT2D eigenvalue weighted by Crippen LogP contribution is -2.37. The minimum atomic E-state index is -0.0151. The number of likely N-dealkylation sites (tertiary alicyclic amines) is 1. The van der Waals surface area contributed by atoms with Gasteiger partial charge in [0, 0.05) is 0 Å². The van der Waals surface area contributed by atoms with Crippen LogP contribution in [0.3, 0.4) is 0 Å². The molecule has 1 aliphatic rings. The molecule has 4 heteroatoms. The number of aryl methyl sites for hydroxylation is 1. The van der Waals surface area contributed by atoms with E-state index >= 15 is 0 Å². The summed E-state index contributed by atoms with van der Waals surface area (Å²) in [7, 11) is 0. The highest BCUT2D eigenvalue weighted by Crippen LogP contribution is 2.19. The summed E-state index contributed by atoms with van der Waals surface area (Å²) in [4.78, 5) is 14.2. The summed E-state index contributed by atoms with van der Waals surface area (Å²) in [5.74, 6) is 1.05. The summed E-state index contributed by atoms with van der Waals surface area (Å²) in [5, 5.41) is 0. The highest BCUT2D eigenvalue weighted by molar-refractivity contribution is 5.72. The highest BCUT2D eigenvalue weighted by atomic mass is 16.5. The third-order valence-electron chi connectivity index (χ3n) is 4.33. The van der Waals surface area contributed by atoms with Gasteiger partial charge in [0.15, 0.2) is 0 Å². The fraction of sp³-hybridized carbons (Fsp3) is 0.632. The Morgan fingerprint density at radius 2 is 2.04 bits per heavy atom. The van der Waals surface area contributed by atoms with Crippen LogP contribution in [-0.4, -0.2) is 43.7 Å². The molecule has 0 atom stereocenters. The maximum Gasteiger partial charge on any atom is 0.309 e. The van der Waals surface area contributed by atoms with Gasteiger partial charge in [0.1, 0.15) is 5.75 Å². The molecule has 0 aliphatic carbocycles. The molecule has 0 unspecified atom stereocenters. The molecule has 1 saturated heterocycles. The molecule has 1 aliphatic heterocycles. The van der Waals surface area contributed by atoms with E-state index < -0.39 is 0 Å². The van der Waals surface area contributed by atoms with Gasteiger partial charge < -0.3 is 14.4 Å². The molecular formula is C19H29NO3. The Balaban J connectivity index is 1.55. The van der Waals surface area contributed by atoms with E-state index in [0.29, 0.717) is 6.61 Å². The molecule has 1 aromatic carbocycles. The Hall–Kier alpha value is -1.55. The van der Waals surface area contributed by atoms with Gasteiger partial charge >= 0.3 is 5.97 Å². The summed E-state index contributed by atoms with van der Waals surface area (Å²) >= 11 is 0. The summed E-state index contributed by atoms with van der Waals surface area (Å²) < 4.78 is 10.9. The predicted molar refractivity (Wildman–Crippen MR) is 91.7 cm³/mol. The first kappa shape index (κ1) is 17.8. The number of hydrogen-bond donors (Lipinski definition) is 0. The maximum atomic E-state index is 11.7. The van der Waals surface area contributed by atoms with Crippen LogP contribution in [0.15, 0.2) is 24.3 Å². The number of nitrogens with zero attached hydrogens (tertiary/aromatic N) is 1. The molecule has 23 heavy (non-hydrogen) atoms. The first-order valence-electron chi connectivity index (χ1n) is 8.77. The van der Waals surface area contributed by atoms with Crippen molar-refractivity contribution in [2.24, 2.45) is 5.92 Å². The first-order chi connectivity index (χ1) is 11.2. The molecule has 4 nitrogen and oxygen atoms in total. The molecule has 0 spiro atoms. The zero-order valence-electron chi connectivity index (χ0n) is 14.4. The zero-order chi connectivity index (χ0) is 16.5. The summed E-state index contributed by atoms with van der Waals surface area (Å²) in [6.45, 7) is 8.29. The second-order valence-electron chi connectivity index (χ2n) is 6.24. The van der Waals surface area contributed by atoms with E-state index in [1.54, 1.807) is 0 Å². The number of rotatable bonds is 8. The molecule has 128 valence electrons.